The number of nitrogens with zero attached hydrogens (tertiary/aromatic N) is 2. The van der Waals surface area contributed by atoms with Gasteiger partial charge < -0.3 is 19.1 Å². The van der Waals surface area contributed by atoms with Crippen molar-refractivity contribution < 1.29 is 23.8 Å². The Balaban J connectivity index is 2.15. The van der Waals surface area contributed by atoms with Crippen molar-refractivity contribution in [3.63, 3.8) is 0 Å². The van der Waals surface area contributed by atoms with Gasteiger partial charge in [0, 0.05) is 25.7 Å². The Bertz CT molecular complexity index is 803. The third-order valence-electron chi connectivity index (χ3n) is 4.71. The maximum absolute atomic E-state index is 13.0. The van der Waals surface area contributed by atoms with E-state index < -0.39 is 5.97 Å². The van der Waals surface area contributed by atoms with Crippen LogP contribution >= 0.6 is 0 Å². The molecule has 0 saturated heterocycles. The molecule has 0 aliphatic carbocycles. The van der Waals surface area contributed by atoms with Gasteiger partial charge in [-0.2, -0.15) is 0 Å². The Morgan fingerprint density at radius 3 is 2.00 bits per heavy atom. The summed E-state index contributed by atoms with van der Waals surface area (Å²) < 4.78 is 15.5. The normalized spacial score (nSPS) is 10.6. The molecule has 30 heavy (non-hydrogen) atoms. The molecule has 7 heteroatoms. The van der Waals surface area contributed by atoms with Gasteiger partial charge in [0.15, 0.2) is 0 Å². The summed E-state index contributed by atoms with van der Waals surface area (Å²) in [6, 6.07) is 15.3. The van der Waals surface area contributed by atoms with Gasteiger partial charge in [0.2, 0.25) is 5.91 Å². The Labute approximate surface area is 178 Å². The number of rotatable bonds is 11. The van der Waals surface area contributed by atoms with Gasteiger partial charge in [0.1, 0.15) is 11.5 Å². The second-order valence-electron chi connectivity index (χ2n) is 6.84. The second-order valence-corrected chi connectivity index (χ2v) is 6.84. The molecule has 0 bridgehead atoms. The van der Waals surface area contributed by atoms with E-state index in [0.29, 0.717) is 31.1 Å². The number of esters is 1. The Hall–Kier alpha value is -3.06. The van der Waals surface area contributed by atoms with Gasteiger partial charge in [0.25, 0.3) is 0 Å². The van der Waals surface area contributed by atoms with Gasteiger partial charge in [-0.15, -0.1) is 0 Å². The zero-order chi connectivity index (χ0) is 21.9. The topological polar surface area (TPSA) is 68.3 Å². The van der Waals surface area contributed by atoms with Crippen LogP contribution in [0.5, 0.6) is 11.5 Å². The summed E-state index contributed by atoms with van der Waals surface area (Å²) in [5.74, 6) is 0.838. The first-order valence-corrected chi connectivity index (χ1v) is 9.81. The fourth-order valence-electron chi connectivity index (χ4n) is 3.10. The van der Waals surface area contributed by atoms with Crippen molar-refractivity contribution in [2.75, 3.05) is 41.0 Å². The van der Waals surface area contributed by atoms with E-state index in [2.05, 4.69) is 0 Å². The van der Waals surface area contributed by atoms with Crippen LogP contribution in [-0.4, -0.2) is 62.6 Å². The molecule has 0 N–H and O–H groups in total. The van der Waals surface area contributed by atoms with Crippen molar-refractivity contribution in [2.24, 2.45) is 0 Å². The number of methoxy groups -OCH3 is 3. The van der Waals surface area contributed by atoms with Gasteiger partial charge in [-0.3, -0.25) is 14.5 Å². The SMILES string of the molecule is CCN(Cc1ccccc1)C(=O)CN(CC(=O)OC)Cc1cc(OC)cc(OC)c1. The Kier molecular flexibility index (Phi) is 9.15. The zero-order valence-corrected chi connectivity index (χ0v) is 18.1. The molecule has 162 valence electrons. The molecule has 1 amide bonds. The fraction of sp³-hybridized carbons (Fsp3) is 0.391. The third kappa shape index (κ3) is 7.08. The molecule has 0 fully saturated rings. The van der Waals surface area contributed by atoms with E-state index in [4.69, 9.17) is 14.2 Å². The fourth-order valence-corrected chi connectivity index (χ4v) is 3.10. The molecular formula is C23H30N2O5. The van der Waals surface area contributed by atoms with Crippen LogP contribution in [0.1, 0.15) is 18.1 Å². The predicted molar refractivity (Wildman–Crippen MR) is 114 cm³/mol. The molecule has 0 spiro atoms. The largest absolute Gasteiger partial charge is 0.497 e. The number of likely N-dealkylation sites (N-methyl/N-ethyl adjacent to an activating group) is 1. The van der Waals surface area contributed by atoms with Crippen LogP contribution in [0.15, 0.2) is 48.5 Å². The van der Waals surface area contributed by atoms with Gasteiger partial charge >= 0.3 is 5.97 Å². The van der Waals surface area contributed by atoms with Gasteiger partial charge in [-0.1, -0.05) is 30.3 Å². The highest BCUT2D eigenvalue weighted by atomic mass is 16.5. The maximum Gasteiger partial charge on any atom is 0.319 e. The summed E-state index contributed by atoms with van der Waals surface area (Å²) in [4.78, 5) is 28.4. The third-order valence-corrected chi connectivity index (χ3v) is 4.71. The van der Waals surface area contributed by atoms with E-state index in [9.17, 15) is 9.59 Å². The molecule has 7 nitrogen and oxygen atoms in total. The number of carbonyl (C=O) groups is 2. The first-order valence-electron chi connectivity index (χ1n) is 9.81. The van der Waals surface area contributed by atoms with E-state index in [1.807, 2.05) is 49.4 Å². The van der Waals surface area contributed by atoms with Gasteiger partial charge in [-0.25, -0.2) is 0 Å². The van der Waals surface area contributed by atoms with Crippen molar-refractivity contribution in [1.29, 1.82) is 0 Å². The molecule has 0 aliphatic rings. The van der Waals surface area contributed by atoms with Crippen molar-refractivity contribution >= 4 is 11.9 Å². The van der Waals surface area contributed by atoms with Crippen LogP contribution in [0.25, 0.3) is 0 Å². The van der Waals surface area contributed by atoms with Gasteiger partial charge in [-0.05, 0) is 30.2 Å². The molecule has 0 aliphatic heterocycles. The lowest BCUT2D eigenvalue weighted by atomic mass is 10.1. The van der Waals surface area contributed by atoms with Crippen molar-refractivity contribution in [3.8, 4) is 11.5 Å². The first kappa shape index (κ1) is 23.2. The summed E-state index contributed by atoms with van der Waals surface area (Å²) in [6.07, 6.45) is 0. The molecule has 0 atom stereocenters. The monoisotopic (exact) mass is 414 g/mol. The lowest BCUT2D eigenvalue weighted by molar-refractivity contribution is -0.143. The standard InChI is InChI=1S/C23H30N2O5/c1-5-25(15-18-9-7-6-8-10-18)22(26)16-24(17-23(27)30-4)14-19-11-20(28-2)13-21(12-19)29-3/h6-13H,5,14-17H2,1-4H3. The van der Waals surface area contributed by atoms with Crippen LogP contribution in [0, 0.1) is 0 Å². The molecule has 2 rings (SSSR count). The zero-order valence-electron chi connectivity index (χ0n) is 18.1. The number of benzene rings is 2. The van der Waals surface area contributed by atoms with E-state index >= 15 is 0 Å². The molecule has 2 aromatic rings. The van der Waals surface area contributed by atoms with E-state index in [1.54, 1.807) is 30.1 Å². The lowest BCUT2D eigenvalue weighted by Gasteiger charge is -2.26. The maximum atomic E-state index is 13.0. The van der Waals surface area contributed by atoms with Crippen molar-refractivity contribution in [2.45, 2.75) is 20.0 Å². The highest BCUT2D eigenvalue weighted by Gasteiger charge is 2.20. The quantitative estimate of drug-likeness (QED) is 0.527. The van der Waals surface area contributed by atoms with Crippen LogP contribution in [-0.2, 0) is 27.4 Å². The predicted octanol–water partition coefficient (Wildman–Crippen LogP) is 2.73. The number of amides is 1. The highest BCUT2D eigenvalue weighted by Crippen LogP contribution is 2.23. The second kappa shape index (κ2) is 11.8. The van der Waals surface area contributed by atoms with Crippen LogP contribution in [0.3, 0.4) is 0 Å². The number of ether oxygens (including phenoxy) is 3. The van der Waals surface area contributed by atoms with Crippen molar-refractivity contribution in [3.05, 3.63) is 59.7 Å². The molecule has 0 saturated carbocycles. The van der Waals surface area contributed by atoms with Crippen molar-refractivity contribution in [1.82, 2.24) is 9.80 Å². The molecule has 2 aromatic carbocycles. The molecule has 0 radical (unpaired) electrons. The average molecular weight is 415 g/mol. The molecular weight excluding hydrogens is 384 g/mol. The highest BCUT2D eigenvalue weighted by molar-refractivity contribution is 5.79. The van der Waals surface area contributed by atoms with E-state index in [1.165, 1.54) is 7.11 Å². The molecule has 0 aromatic heterocycles. The minimum absolute atomic E-state index is 0.00462. The number of carbonyl (C=O) groups excluding carboxylic acids is 2. The summed E-state index contributed by atoms with van der Waals surface area (Å²) in [5, 5.41) is 0. The summed E-state index contributed by atoms with van der Waals surface area (Å²) in [6.45, 7) is 3.51. The van der Waals surface area contributed by atoms with Gasteiger partial charge in [0.05, 0.1) is 34.4 Å². The van der Waals surface area contributed by atoms with Crippen LogP contribution in [0.4, 0.5) is 0 Å². The lowest BCUT2D eigenvalue weighted by Crippen LogP contribution is -2.41. The van der Waals surface area contributed by atoms with Crippen LogP contribution in [0.2, 0.25) is 0 Å². The van der Waals surface area contributed by atoms with E-state index in [0.717, 1.165) is 11.1 Å². The number of hydrogen-bond acceptors (Lipinski definition) is 6. The minimum Gasteiger partial charge on any atom is -0.497 e. The average Bonchev–Trinajstić information content (AvgIpc) is 2.77. The summed E-state index contributed by atoms with van der Waals surface area (Å²) in [7, 11) is 4.50. The summed E-state index contributed by atoms with van der Waals surface area (Å²) >= 11 is 0. The molecule has 0 unspecified atom stereocenters. The Morgan fingerprint density at radius 2 is 1.47 bits per heavy atom. The first-order chi connectivity index (χ1) is 14.5. The van der Waals surface area contributed by atoms with E-state index in [-0.39, 0.29) is 19.0 Å². The summed E-state index contributed by atoms with van der Waals surface area (Å²) in [5.41, 5.74) is 1.93. The minimum atomic E-state index is -0.399. The molecule has 0 heterocycles. The number of hydrogen-bond donors (Lipinski definition) is 0. The van der Waals surface area contributed by atoms with Crippen LogP contribution < -0.4 is 9.47 Å². The smallest absolute Gasteiger partial charge is 0.319 e. The Morgan fingerprint density at radius 1 is 0.833 bits per heavy atom.